The van der Waals surface area contributed by atoms with E-state index in [0.29, 0.717) is 50.7 Å². The third-order valence-corrected chi connectivity index (χ3v) is 6.24. The number of carbonyl (C=O) groups is 2. The Labute approximate surface area is 177 Å². The second-order valence-electron chi connectivity index (χ2n) is 6.85. The molecule has 0 saturated carbocycles. The molecule has 158 valence electrons. The van der Waals surface area contributed by atoms with Crippen molar-refractivity contribution in [2.24, 2.45) is 22.3 Å². The minimum atomic E-state index is -0.571. The van der Waals surface area contributed by atoms with Crippen LogP contribution in [0.2, 0.25) is 0 Å². The van der Waals surface area contributed by atoms with Gasteiger partial charge in [0, 0.05) is 11.5 Å². The lowest BCUT2D eigenvalue weighted by Crippen LogP contribution is -2.30. The molecule has 0 aromatic rings. The smallest absolute Gasteiger partial charge is 0.312 e. The summed E-state index contributed by atoms with van der Waals surface area (Å²) in [6.45, 7) is 9.17. The average molecular weight is 453 g/mol. The fourth-order valence-corrected chi connectivity index (χ4v) is 4.64. The predicted molar refractivity (Wildman–Crippen MR) is 116 cm³/mol. The zero-order chi connectivity index (χ0) is 18.6. The third-order valence-electron chi connectivity index (χ3n) is 3.19. The van der Waals surface area contributed by atoms with Crippen LogP contribution in [0.5, 0.6) is 0 Å². The molecule has 0 aromatic carbocycles. The highest BCUT2D eigenvalue weighted by Crippen LogP contribution is 2.35. The van der Waals surface area contributed by atoms with Crippen LogP contribution in [0.15, 0.2) is 0 Å². The van der Waals surface area contributed by atoms with Crippen LogP contribution in [0.25, 0.3) is 0 Å². The van der Waals surface area contributed by atoms with Crippen LogP contribution in [-0.4, -0.2) is 49.7 Å². The molecule has 0 heterocycles. The van der Waals surface area contributed by atoms with Gasteiger partial charge >= 0.3 is 11.9 Å². The van der Waals surface area contributed by atoms with E-state index in [0.717, 1.165) is 0 Å². The van der Waals surface area contributed by atoms with E-state index >= 15 is 0 Å². The highest BCUT2D eigenvalue weighted by molar-refractivity contribution is 8.76. The summed E-state index contributed by atoms with van der Waals surface area (Å²) in [6.07, 6.45) is 1.34. The van der Waals surface area contributed by atoms with E-state index in [-0.39, 0.29) is 36.8 Å². The van der Waals surface area contributed by atoms with Gasteiger partial charge in [0.15, 0.2) is 0 Å². The van der Waals surface area contributed by atoms with Gasteiger partial charge < -0.3 is 20.9 Å². The first-order valence-electron chi connectivity index (χ1n) is 8.16. The van der Waals surface area contributed by atoms with E-state index < -0.39 is 10.8 Å². The molecule has 26 heavy (non-hydrogen) atoms. The molecule has 0 aromatic heterocycles. The van der Waals surface area contributed by atoms with Crippen molar-refractivity contribution in [1.82, 2.24) is 0 Å². The number of hydrogen-bond donors (Lipinski definition) is 2. The van der Waals surface area contributed by atoms with Gasteiger partial charge in [0.2, 0.25) is 0 Å². The Bertz CT molecular complexity index is 364. The molecule has 0 radical (unpaired) electrons. The van der Waals surface area contributed by atoms with E-state index in [9.17, 15) is 9.59 Å². The van der Waals surface area contributed by atoms with Gasteiger partial charge in [0.05, 0.1) is 24.0 Å². The number of carbonyl (C=O) groups excluding carboxylic acids is 2. The zero-order valence-electron chi connectivity index (χ0n) is 16.1. The van der Waals surface area contributed by atoms with Gasteiger partial charge in [0.25, 0.3) is 0 Å². The summed E-state index contributed by atoms with van der Waals surface area (Å²) in [7, 11) is 3.13. The Morgan fingerprint density at radius 3 is 1.35 bits per heavy atom. The van der Waals surface area contributed by atoms with Crippen molar-refractivity contribution in [3.05, 3.63) is 0 Å². The van der Waals surface area contributed by atoms with Gasteiger partial charge in [0.1, 0.15) is 0 Å². The topological polar surface area (TPSA) is 105 Å². The predicted octanol–water partition coefficient (Wildman–Crippen LogP) is 3.05. The van der Waals surface area contributed by atoms with Crippen molar-refractivity contribution in [3.8, 4) is 0 Å². The summed E-state index contributed by atoms with van der Waals surface area (Å²) < 4.78 is 10.4. The fourth-order valence-electron chi connectivity index (χ4n) is 1.38. The minimum absolute atomic E-state index is 0. The molecule has 0 unspecified atom stereocenters. The second kappa shape index (κ2) is 16.1. The summed E-state index contributed by atoms with van der Waals surface area (Å²) >= 11 is 0. The molecule has 0 spiro atoms. The Kier molecular flexibility index (Phi) is 19.1. The molecule has 10 heteroatoms. The molecule has 0 saturated heterocycles. The van der Waals surface area contributed by atoms with Gasteiger partial charge in [-0.3, -0.25) is 9.59 Å². The van der Waals surface area contributed by atoms with E-state index in [4.69, 9.17) is 20.9 Å². The first-order chi connectivity index (χ1) is 11.2. The van der Waals surface area contributed by atoms with Crippen LogP contribution in [0.3, 0.4) is 0 Å². The highest BCUT2D eigenvalue weighted by atomic mass is 35.5. The molecule has 0 rings (SSSR count). The van der Waals surface area contributed by atoms with Gasteiger partial charge in [-0.15, -0.1) is 24.8 Å². The summed E-state index contributed by atoms with van der Waals surface area (Å²) in [5.41, 5.74) is 9.62. The number of ether oxygens (including phenoxy) is 2. The van der Waals surface area contributed by atoms with E-state index in [2.05, 4.69) is 0 Å². The molecule has 0 atom stereocenters. The van der Waals surface area contributed by atoms with Crippen molar-refractivity contribution in [1.29, 1.82) is 0 Å². The van der Waals surface area contributed by atoms with Crippen LogP contribution < -0.4 is 11.5 Å². The van der Waals surface area contributed by atoms with Crippen molar-refractivity contribution >= 4 is 58.3 Å². The Morgan fingerprint density at radius 2 is 1.08 bits per heavy atom. The Hall–Kier alpha value is 0.140. The molecule has 0 bridgehead atoms. The maximum atomic E-state index is 12.0. The number of rotatable bonds is 13. The van der Waals surface area contributed by atoms with Crippen molar-refractivity contribution < 1.29 is 19.1 Å². The van der Waals surface area contributed by atoms with Crippen LogP contribution in [0.1, 0.15) is 40.5 Å². The number of halogens is 2. The average Bonchev–Trinajstić information content (AvgIpc) is 2.51. The van der Waals surface area contributed by atoms with Crippen LogP contribution in [-0.2, 0) is 19.1 Å². The first kappa shape index (κ1) is 30.9. The van der Waals surface area contributed by atoms with E-state index in [1.807, 2.05) is 27.7 Å². The molecule has 0 aliphatic heterocycles. The minimum Gasteiger partial charge on any atom is -0.465 e. The van der Waals surface area contributed by atoms with Crippen LogP contribution in [0.4, 0.5) is 0 Å². The van der Waals surface area contributed by atoms with Gasteiger partial charge in [-0.1, -0.05) is 21.6 Å². The molecule has 0 aliphatic carbocycles. The lowest BCUT2D eigenvalue weighted by Gasteiger charge is -2.24. The lowest BCUT2D eigenvalue weighted by atomic mass is 9.97. The first-order valence-corrected chi connectivity index (χ1v) is 10.6. The van der Waals surface area contributed by atoms with Crippen molar-refractivity contribution in [2.75, 3.05) is 37.8 Å². The van der Waals surface area contributed by atoms with E-state index in [1.54, 1.807) is 21.6 Å². The summed E-state index contributed by atoms with van der Waals surface area (Å²) in [5.74, 6) is 0.781. The largest absolute Gasteiger partial charge is 0.465 e. The van der Waals surface area contributed by atoms with Gasteiger partial charge in [-0.25, -0.2) is 0 Å². The lowest BCUT2D eigenvalue weighted by molar-refractivity contribution is -0.153. The molecule has 0 amide bonds. The summed E-state index contributed by atoms with van der Waals surface area (Å²) in [5, 5.41) is 0. The zero-order valence-corrected chi connectivity index (χ0v) is 19.3. The number of nitrogens with two attached hydrogens (primary N) is 2. The maximum absolute atomic E-state index is 12.0. The fraction of sp³-hybridized carbons (Fsp3) is 0.875. The Morgan fingerprint density at radius 1 is 0.769 bits per heavy atom. The molecule has 6 nitrogen and oxygen atoms in total. The standard InChI is InChI=1S/C16H32N2O4S2.2ClH/c1-15(2,13(19)21-9-5-7-17)11-23-24-12-16(3,4)14(20)22-10-6-8-18;;/h5-12,17-18H2,1-4H3;2*1H. The normalized spacial score (nSPS) is 11.2. The second-order valence-corrected chi connectivity index (χ2v) is 9.31. The molecule has 0 fully saturated rings. The SMILES string of the molecule is CC(C)(CSSCC(C)(C)C(=O)OCCCN)C(=O)OCCCN.Cl.Cl. The monoisotopic (exact) mass is 452 g/mol. The third kappa shape index (κ3) is 13.3. The molecular weight excluding hydrogens is 419 g/mol. The Balaban J connectivity index is -0.00000264. The summed E-state index contributed by atoms with van der Waals surface area (Å²) in [4.78, 5) is 24.0. The summed E-state index contributed by atoms with van der Waals surface area (Å²) in [6, 6.07) is 0. The van der Waals surface area contributed by atoms with Crippen LogP contribution >= 0.6 is 46.4 Å². The van der Waals surface area contributed by atoms with Gasteiger partial charge in [-0.05, 0) is 53.6 Å². The number of hydrogen-bond acceptors (Lipinski definition) is 8. The van der Waals surface area contributed by atoms with Crippen molar-refractivity contribution in [3.63, 3.8) is 0 Å². The molecule has 0 aliphatic rings. The molecule has 4 N–H and O–H groups in total. The molecular formula is C16H34Cl2N2O4S2. The van der Waals surface area contributed by atoms with Crippen LogP contribution in [0, 0.1) is 10.8 Å². The number of esters is 2. The highest BCUT2D eigenvalue weighted by Gasteiger charge is 2.32. The maximum Gasteiger partial charge on any atom is 0.312 e. The van der Waals surface area contributed by atoms with Gasteiger partial charge in [-0.2, -0.15) is 0 Å². The van der Waals surface area contributed by atoms with Crippen molar-refractivity contribution in [2.45, 2.75) is 40.5 Å². The quantitative estimate of drug-likeness (QED) is 0.249. The van der Waals surface area contributed by atoms with E-state index in [1.165, 1.54) is 0 Å².